The first-order valence-electron chi connectivity index (χ1n) is 10.9. The van der Waals surface area contributed by atoms with Crippen LogP contribution in [0.15, 0.2) is 42.2 Å². The molecule has 0 spiro atoms. The largest absolute Gasteiger partial charge is 0.497 e. The molecule has 32 heavy (non-hydrogen) atoms. The maximum Gasteiger partial charge on any atom is 0.126 e. The SMILES string of the molecule is COc1ccc2nccc(C(F)CC[C@@H]3CCN(CC#Cc4cncs4)C[C@@H]3CO)c2c1. The van der Waals surface area contributed by atoms with E-state index in [1.54, 1.807) is 31.1 Å². The number of pyridine rings is 1. The van der Waals surface area contributed by atoms with E-state index in [0.717, 1.165) is 41.7 Å². The number of likely N-dealkylation sites (tertiary alicyclic amines) is 1. The number of hydrogen-bond acceptors (Lipinski definition) is 6. The minimum Gasteiger partial charge on any atom is -0.497 e. The second kappa shape index (κ2) is 10.9. The fraction of sp³-hybridized carbons (Fsp3) is 0.440. The van der Waals surface area contributed by atoms with Gasteiger partial charge in [-0.3, -0.25) is 14.9 Å². The predicted molar refractivity (Wildman–Crippen MR) is 125 cm³/mol. The molecule has 0 radical (unpaired) electrons. The van der Waals surface area contributed by atoms with Gasteiger partial charge in [-0.15, -0.1) is 11.3 Å². The Kier molecular flexibility index (Phi) is 7.69. The minimum absolute atomic E-state index is 0.121. The number of aromatic nitrogens is 2. The highest BCUT2D eigenvalue weighted by Crippen LogP contribution is 2.35. The van der Waals surface area contributed by atoms with Gasteiger partial charge in [-0.2, -0.15) is 0 Å². The van der Waals surface area contributed by atoms with Crippen LogP contribution >= 0.6 is 11.3 Å². The number of fused-ring (bicyclic) bond motifs is 1. The number of ether oxygens (including phenoxy) is 1. The van der Waals surface area contributed by atoms with E-state index in [4.69, 9.17) is 4.74 Å². The zero-order valence-electron chi connectivity index (χ0n) is 18.2. The van der Waals surface area contributed by atoms with Crippen LogP contribution in [0.25, 0.3) is 10.9 Å². The number of hydrogen-bond donors (Lipinski definition) is 1. The summed E-state index contributed by atoms with van der Waals surface area (Å²) in [7, 11) is 1.61. The average Bonchev–Trinajstić information content (AvgIpc) is 3.35. The third-order valence-corrected chi connectivity index (χ3v) is 6.96. The van der Waals surface area contributed by atoms with Crippen molar-refractivity contribution in [2.45, 2.75) is 25.4 Å². The van der Waals surface area contributed by atoms with Crippen molar-refractivity contribution in [2.24, 2.45) is 11.8 Å². The van der Waals surface area contributed by atoms with Crippen LogP contribution in [0.2, 0.25) is 0 Å². The molecule has 1 aliphatic heterocycles. The molecule has 3 aromatic rings. The van der Waals surface area contributed by atoms with Crippen LogP contribution in [-0.2, 0) is 0 Å². The van der Waals surface area contributed by atoms with Crippen LogP contribution in [0.1, 0.15) is 35.9 Å². The van der Waals surface area contributed by atoms with Crippen molar-refractivity contribution in [3.8, 4) is 17.6 Å². The van der Waals surface area contributed by atoms with E-state index in [2.05, 4.69) is 26.7 Å². The Morgan fingerprint density at radius 2 is 2.25 bits per heavy atom. The maximum atomic E-state index is 15.3. The lowest BCUT2D eigenvalue weighted by molar-refractivity contribution is 0.0708. The molecule has 2 aromatic heterocycles. The average molecular weight is 454 g/mol. The Morgan fingerprint density at radius 3 is 3.03 bits per heavy atom. The van der Waals surface area contributed by atoms with Gasteiger partial charge in [0, 0.05) is 24.7 Å². The molecular weight excluding hydrogens is 425 g/mol. The summed E-state index contributed by atoms with van der Waals surface area (Å²) in [5.74, 6) is 7.50. The normalized spacial score (nSPS) is 20.0. The highest BCUT2D eigenvalue weighted by molar-refractivity contribution is 7.10. The number of aliphatic hydroxyl groups is 1. The smallest absolute Gasteiger partial charge is 0.126 e. The van der Waals surface area contributed by atoms with Gasteiger partial charge in [-0.1, -0.05) is 11.8 Å². The van der Waals surface area contributed by atoms with Crippen LogP contribution in [0, 0.1) is 23.7 Å². The van der Waals surface area contributed by atoms with Gasteiger partial charge in [0.1, 0.15) is 11.9 Å². The minimum atomic E-state index is -1.07. The first-order chi connectivity index (χ1) is 15.7. The molecule has 0 bridgehead atoms. The van der Waals surface area contributed by atoms with Crippen molar-refractivity contribution in [3.05, 3.63) is 52.6 Å². The summed E-state index contributed by atoms with van der Waals surface area (Å²) >= 11 is 1.54. The summed E-state index contributed by atoms with van der Waals surface area (Å²) in [5.41, 5.74) is 3.21. The van der Waals surface area contributed by atoms with E-state index in [1.807, 2.05) is 18.2 Å². The molecule has 3 atom stereocenters. The maximum absolute atomic E-state index is 15.3. The summed E-state index contributed by atoms with van der Waals surface area (Å²) in [6, 6.07) is 7.32. The van der Waals surface area contributed by atoms with E-state index in [1.165, 1.54) is 11.3 Å². The number of alkyl halides is 1. The van der Waals surface area contributed by atoms with Crippen LogP contribution < -0.4 is 4.74 Å². The van der Waals surface area contributed by atoms with Gasteiger partial charge in [0.05, 0.1) is 35.8 Å². The Bertz CT molecular complexity index is 1080. The quantitative estimate of drug-likeness (QED) is 0.535. The molecule has 1 saturated heterocycles. The van der Waals surface area contributed by atoms with Crippen LogP contribution in [-0.4, -0.2) is 53.3 Å². The van der Waals surface area contributed by atoms with Crippen LogP contribution in [0.5, 0.6) is 5.75 Å². The molecule has 1 unspecified atom stereocenters. The number of methoxy groups -OCH3 is 1. The Morgan fingerprint density at radius 1 is 1.34 bits per heavy atom. The number of rotatable bonds is 7. The van der Waals surface area contributed by atoms with Crippen molar-refractivity contribution in [2.75, 3.05) is 33.4 Å². The molecular formula is C25H28FN3O2S. The van der Waals surface area contributed by atoms with Crippen LogP contribution in [0.4, 0.5) is 4.39 Å². The molecule has 0 amide bonds. The number of thiazole rings is 1. The molecule has 7 heteroatoms. The molecule has 5 nitrogen and oxygen atoms in total. The van der Waals surface area contributed by atoms with Crippen molar-refractivity contribution < 1.29 is 14.2 Å². The van der Waals surface area contributed by atoms with E-state index in [9.17, 15) is 5.11 Å². The lowest BCUT2D eigenvalue weighted by Crippen LogP contribution is -2.42. The standard InChI is InChI=1S/C25H28FN3O2S/c1-31-20-5-7-25-23(13-20)22(8-10-28-25)24(26)6-4-18-9-12-29(15-19(18)16-30)11-2-3-21-14-27-17-32-21/h5,7-8,10,13-14,17-19,24,30H,4,6,9,11-12,15-16H2,1H3/t18-,19-,24?/m1/s1. The number of halogens is 1. The molecule has 0 saturated carbocycles. The summed E-state index contributed by atoms with van der Waals surface area (Å²) in [6.45, 7) is 2.52. The Labute approximate surface area is 192 Å². The molecule has 0 aliphatic carbocycles. The molecule has 1 N–H and O–H groups in total. The van der Waals surface area contributed by atoms with Gasteiger partial charge in [0.15, 0.2) is 0 Å². The van der Waals surface area contributed by atoms with Gasteiger partial charge in [0.25, 0.3) is 0 Å². The van der Waals surface area contributed by atoms with Crippen molar-refractivity contribution in [3.63, 3.8) is 0 Å². The van der Waals surface area contributed by atoms with Crippen molar-refractivity contribution in [1.29, 1.82) is 0 Å². The fourth-order valence-corrected chi connectivity index (χ4v) is 4.95. The van der Waals surface area contributed by atoms with E-state index < -0.39 is 6.17 Å². The first kappa shape index (κ1) is 22.7. The first-order valence-corrected chi connectivity index (χ1v) is 11.8. The van der Waals surface area contributed by atoms with Gasteiger partial charge < -0.3 is 9.84 Å². The molecule has 4 rings (SSSR count). The molecule has 1 aliphatic rings. The lowest BCUT2D eigenvalue weighted by atomic mass is 9.81. The number of benzene rings is 1. The Balaban J connectivity index is 1.35. The number of nitrogens with zero attached hydrogens (tertiary/aromatic N) is 3. The van der Waals surface area contributed by atoms with E-state index in [-0.39, 0.29) is 12.5 Å². The third-order valence-electron chi connectivity index (χ3n) is 6.27. The zero-order valence-corrected chi connectivity index (χ0v) is 19.0. The summed E-state index contributed by atoms with van der Waals surface area (Å²) in [5, 5.41) is 10.7. The van der Waals surface area contributed by atoms with E-state index >= 15 is 4.39 Å². The number of aliphatic hydroxyl groups excluding tert-OH is 1. The molecule has 1 aromatic carbocycles. The van der Waals surface area contributed by atoms with Gasteiger partial charge in [-0.05, 0) is 67.5 Å². The molecule has 3 heterocycles. The van der Waals surface area contributed by atoms with Gasteiger partial charge >= 0.3 is 0 Å². The highest BCUT2D eigenvalue weighted by Gasteiger charge is 2.29. The topological polar surface area (TPSA) is 58.5 Å². The number of piperidine rings is 1. The predicted octanol–water partition coefficient (Wildman–Crippen LogP) is 4.47. The van der Waals surface area contributed by atoms with E-state index in [0.29, 0.717) is 30.2 Å². The fourth-order valence-electron chi connectivity index (χ4n) is 4.47. The second-order valence-electron chi connectivity index (χ2n) is 8.22. The van der Waals surface area contributed by atoms with Gasteiger partial charge in [-0.25, -0.2) is 4.39 Å². The summed E-state index contributed by atoms with van der Waals surface area (Å²) in [6.07, 6.45) is 4.50. The lowest BCUT2D eigenvalue weighted by Gasteiger charge is -2.37. The Hall–Kier alpha value is -2.53. The molecule has 1 fully saturated rings. The van der Waals surface area contributed by atoms with Crippen molar-refractivity contribution in [1.82, 2.24) is 14.9 Å². The zero-order chi connectivity index (χ0) is 22.3. The van der Waals surface area contributed by atoms with Gasteiger partial charge in [0.2, 0.25) is 0 Å². The molecule has 168 valence electrons. The monoisotopic (exact) mass is 453 g/mol. The summed E-state index contributed by atoms with van der Waals surface area (Å²) < 4.78 is 20.6. The third kappa shape index (κ3) is 5.44. The second-order valence-corrected chi connectivity index (χ2v) is 9.11. The summed E-state index contributed by atoms with van der Waals surface area (Å²) in [4.78, 5) is 11.6. The van der Waals surface area contributed by atoms with Crippen molar-refractivity contribution >= 4 is 22.2 Å². The van der Waals surface area contributed by atoms with Crippen LogP contribution in [0.3, 0.4) is 0 Å². The highest BCUT2D eigenvalue weighted by atomic mass is 32.1.